The summed E-state index contributed by atoms with van der Waals surface area (Å²) in [4.78, 5) is 11.5. The summed E-state index contributed by atoms with van der Waals surface area (Å²) in [5.74, 6) is -0.363. The van der Waals surface area contributed by atoms with E-state index in [0.717, 1.165) is 0 Å². The predicted molar refractivity (Wildman–Crippen MR) is 70.5 cm³/mol. The van der Waals surface area contributed by atoms with Crippen molar-refractivity contribution in [1.29, 1.82) is 0 Å². The Labute approximate surface area is 111 Å². The highest BCUT2D eigenvalue weighted by molar-refractivity contribution is 9.10. The van der Waals surface area contributed by atoms with Gasteiger partial charge in [-0.1, -0.05) is 12.1 Å². The lowest BCUT2D eigenvalue weighted by Gasteiger charge is -2.02. The summed E-state index contributed by atoms with van der Waals surface area (Å²) in [6.45, 7) is 0. The summed E-state index contributed by atoms with van der Waals surface area (Å²) >= 11 is 3.15. The topological polar surface area (TPSA) is 42.2 Å². The molecular formula is C13H9BrFNO2. The average Bonchev–Trinajstić information content (AvgIpc) is 2.76. The Balaban J connectivity index is 2.01. The Morgan fingerprint density at radius 2 is 2.06 bits per heavy atom. The number of benzene rings is 1. The molecule has 0 fully saturated rings. The van der Waals surface area contributed by atoms with E-state index in [-0.39, 0.29) is 5.69 Å². The highest BCUT2D eigenvalue weighted by Gasteiger charge is 2.03. The number of halogens is 2. The fourth-order valence-corrected chi connectivity index (χ4v) is 1.63. The molecule has 0 spiro atoms. The molecule has 2 aromatic rings. The normalized spacial score (nSPS) is 10.8. The molecule has 92 valence electrons. The van der Waals surface area contributed by atoms with Crippen LogP contribution in [-0.2, 0) is 4.79 Å². The number of hydrogen-bond acceptors (Lipinski definition) is 2. The zero-order valence-electron chi connectivity index (χ0n) is 9.19. The molecule has 18 heavy (non-hydrogen) atoms. The van der Waals surface area contributed by atoms with Crippen molar-refractivity contribution >= 4 is 33.6 Å². The highest BCUT2D eigenvalue weighted by atomic mass is 79.9. The number of rotatable bonds is 3. The molecule has 0 aliphatic rings. The molecule has 0 atom stereocenters. The fraction of sp³-hybridized carbons (Fsp3) is 0. The van der Waals surface area contributed by atoms with Crippen LogP contribution < -0.4 is 5.32 Å². The summed E-state index contributed by atoms with van der Waals surface area (Å²) in [6, 6.07) is 9.40. The first-order valence-electron chi connectivity index (χ1n) is 5.14. The second-order valence-electron chi connectivity index (χ2n) is 3.44. The molecule has 1 aromatic heterocycles. The summed E-state index contributed by atoms with van der Waals surface area (Å²) in [5.41, 5.74) is 0.146. The second kappa shape index (κ2) is 5.64. The van der Waals surface area contributed by atoms with Crippen molar-refractivity contribution < 1.29 is 13.6 Å². The monoisotopic (exact) mass is 309 g/mol. The van der Waals surface area contributed by atoms with Gasteiger partial charge in [-0.15, -0.1) is 0 Å². The van der Waals surface area contributed by atoms with E-state index in [1.54, 1.807) is 24.3 Å². The number of anilines is 1. The molecule has 5 heteroatoms. The molecule has 0 aliphatic heterocycles. The number of nitrogens with one attached hydrogen (secondary N) is 1. The highest BCUT2D eigenvalue weighted by Crippen LogP contribution is 2.15. The van der Waals surface area contributed by atoms with Gasteiger partial charge in [0.2, 0.25) is 5.91 Å². The summed E-state index contributed by atoms with van der Waals surface area (Å²) in [6.07, 6.45) is 2.78. The SMILES string of the molecule is O=C(C=Cc1ccc(Br)o1)Nc1ccccc1F. The van der Waals surface area contributed by atoms with Crippen molar-refractivity contribution in [3.8, 4) is 0 Å². The molecule has 0 saturated carbocycles. The van der Waals surface area contributed by atoms with Crippen LogP contribution >= 0.6 is 15.9 Å². The van der Waals surface area contributed by atoms with Gasteiger partial charge in [-0.05, 0) is 46.3 Å². The second-order valence-corrected chi connectivity index (χ2v) is 4.23. The van der Waals surface area contributed by atoms with Gasteiger partial charge < -0.3 is 9.73 Å². The number of furan rings is 1. The molecule has 1 N–H and O–H groups in total. The van der Waals surface area contributed by atoms with Crippen LogP contribution in [0.2, 0.25) is 0 Å². The molecule has 3 nitrogen and oxygen atoms in total. The Kier molecular flexibility index (Phi) is 3.94. The molecule has 0 saturated heterocycles. The number of hydrogen-bond donors (Lipinski definition) is 1. The Hall–Kier alpha value is -1.88. The minimum atomic E-state index is -0.472. The smallest absolute Gasteiger partial charge is 0.248 e. The molecule has 0 bridgehead atoms. The quantitative estimate of drug-likeness (QED) is 0.875. The number of amides is 1. The third-order valence-electron chi connectivity index (χ3n) is 2.12. The molecule has 1 amide bonds. The Bertz CT molecular complexity index is 592. The van der Waals surface area contributed by atoms with Gasteiger partial charge in [0.15, 0.2) is 4.67 Å². The zero-order chi connectivity index (χ0) is 13.0. The van der Waals surface area contributed by atoms with E-state index in [9.17, 15) is 9.18 Å². The molecule has 0 radical (unpaired) electrons. The standard InChI is InChI=1S/C13H9BrFNO2/c14-12-7-5-9(18-12)6-8-13(17)16-11-4-2-1-3-10(11)15/h1-8H,(H,16,17). The Morgan fingerprint density at radius 1 is 1.28 bits per heavy atom. The maximum Gasteiger partial charge on any atom is 0.248 e. The maximum atomic E-state index is 13.3. The van der Waals surface area contributed by atoms with Crippen LogP contribution in [0.25, 0.3) is 6.08 Å². The summed E-state index contributed by atoms with van der Waals surface area (Å²) in [5, 5.41) is 2.43. The van der Waals surface area contributed by atoms with Crippen LogP contribution in [0.3, 0.4) is 0 Å². The minimum absolute atomic E-state index is 0.146. The molecule has 0 aliphatic carbocycles. The lowest BCUT2D eigenvalue weighted by Crippen LogP contribution is -2.08. The number of para-hydroxylation sites is 1. The van der Waals surface area contributed by atoms with Gasteiger partial charge in [0, 0.05) is 6.08 Å². The first-order valence-corrected chi connectivity index (χ1v) is 5.93. The zero-order valence-corrected chi connectivity index (χ0v) is 10.8. The van der Waals surface area contributed by atoms with Crippen molar-refractivity contribution in [2.45, 2.75) is 0 Å². The third-order valence-corrected chi connectivity index (χ3v) is 2.55. The first-order chi connectivity index (χ1) is 8.65. The molecule has 1 heterocycles. The van der Waals surface area contributed by atoms with Gasteiger partial charge in [0.25, 0.3) is 0 Å². The van der Waals surface area contributed by atoms with E-state index in [4.69, 9.17) is 4.42 Å². The van der Waals surface area contributed by atoms with E-state index >= 15 is 0 Å². The van der Waals surface area contributed by atoms with Gasteiger partial charge in [-0.25, -0.2) is 4.39 Å². The van der Waals surface area contributed by atoms with Crippen molar-refractivity contribution in [1.82, 2.24) is 0 Å². The van der Waals surface area contributed by atoms with E-state index in [0.29, 0.717) is 10.4 Å². The van der Waals surface area contributed by atoms with E-state index < -0.39 is 11.7 Å². The van der Waals surface area contributed by atoms with Crippen LogP contribution in [-0.4, -0.2) is 5.91 Å². The molecule has 1 aromatic carbocycles. The maximum absolute atomic E-state index is 13.3. The van der Waals surface area contributed by atoms with Crippen molar-refractivity contribution in [3.63, 3.8) is 0 Å². The van der Waals surface area contributed by atoms with Gasteiger partial charge >= 0.3 is 0 Å². The largest absolute Gasteiger partial charge is 0.450 e. The van der Waals surface area contributed by atoms with Crippen molar-refractivity contribution in [2.75, 3.05) is 5.32 Å². The van der Waals surface area contributed by atoms with Crippen LogP contribution in [0, 0.1) is 5.82 Å². The lowest BCUT2D eigenvalue weighted by molar-refractivity contribution is -0.111. The minimum Gasteiger partial charge on any atom is -0.450 e. The number of carbonyl (C=O) groups excluding carboxylic acids is 1. The van der Waals surface area contributed by atoms with Crippen LogP contribution in [0.1, 0.15) is 5.76 Å². The summed E-state index contributed by atoms with van der Waals surface area (Å²) < 4.78 is 19.0. The molecule has 2 rings (SSSR count). The van der Waals surface area contributed by atoms with Crippen LogP contribution in [0.4, 0.5) is 10.1 Å². The first kappa shape index (κ1) is 12.6. The predicted octanol–water partition coefficient (Wildman–Crippen LogP) is 3.83. The van der Waals surface area contributed by atoms with E-state index in [2.05, 4.69) is 21.2 Å². The average molecular weight is 310 g/mol. The van der Waals surface area contributed by atoms with E-state index in [1.165, 1.54) is 24.3 Å². The van der Waals surface area contributed by atoms with Crippen molar-refractivity contribution in [2.24, 2.45) is 0 Å². The van der Waals surface area contributed by atoms with Crippen molar-refractivity contribution in [3.05, 3.63) is 58.7 Å². The molecule has 0 unspecified atom stereocenters. The van der Waals surface area contributed by atoms with Gasteiger partial charge in [-0.2, -0.15) is 0 Å². The van der Waals surface area contributed by atoms with Gasteiger partial charge in [0.05, 0.1) is 5.69 Å². The third kappa shape index (κ3) is 3.30. The Morgan fingerprint density at radius 3 is 2.72 bits per heavy atom. The fourth-order valence-electron chi connectivity index (χ4n) is 1.31. The van der Waals surface area contributed by atoms with Crippen LogP contribution in [0.15, 0.2) is 51.6 Å². The van der Waals surface area contributed by atoms with Crippen LogP contribution in [0.5, 0.6) is 0 Å². The summed E-state index contributed by atoms with van der Waals surface area (Å²) in [7, 11) is 0. The molecular weight excluding hydrogens is 301 g/mol. The van der Waals surface area contributed by atoms with Gasteiger partial charge in [-0.3, -0.25) is 4.79 Å². The van der Waals surface area contributed by atoms with E-state index in [1.807, 2.05) is 0 Å². The number of carbonyl (C=O) groups is 1. The lowest BCUT2D eigenvalue weighted by atomic mass is 10.3. The van der Waals surface area contributed by atoms with Gasteiger partial charge in [0.1, 0.15) is 11.6 Å².